The van der Waals surface area contributed by atoms with Gasteiger partial charge in [0.1, 0.15) is 13.2 Å². The van der Waals surface area contributed by atoms with Crippen LogP contribution >= 0.6 is 0 Å². The molecular formula is C68H126O6. The molecule has 1 unspecified atom stereocenters. The van der Waals surface area contributed by atoms with Crippen molar-refractivity contribution in [3.8, 4) is 0 Å². The third kappa shape index (κ3) is 60.5. The minimum Gasteiger partial charge on any atom is -0.462 e. The van der Waals surface area contributed by atoms with Gasteiger partial charge in [-0.3, -0.25) is 14.4 Å². The molecule has 6 nitrogen and oxygen atoms in total. The first-order valence-corrected chi connectivity index (χ1v) is 33.0. The first-order valence-electron chi connectivity index (χ1n) is 33.0. The van der Waals surface area contributed by atoms with Gasteiger partial charge in [0.05, 0.1) is 0 Å². The summed E-state index contributed by atoms with van der Waals surface area (Å²) in [5, 5.41) is 0. The number of esters is 3. The van der Waals surface area contributed by atoms with Crippen LogP contribution in [0.1, 0.15) is 361 Å². The predicted molar refractivity (Wildman–Crippen MR) is 321 cm³/mol. The fourth-order valence-electron chi connectivity index (χ4n) is 9.92. The molecule has 0 amide bonds. The van der Waals surface area contributed by atoms with Crippen molar-refractivity contribution in [2.45, 2.75) is 367 Å². The van der Waals surface area contributed by atoms with Crippen molar-refractivity contribution in [1.29, 1.82) is 0 Å². The molecule has 0 aliphatic carbocycles. The van der Waals surface area contributed by atoms with Gasteiger partial charge in [0.25, 0.3) is 0 Å². The quantitative estimate of drug-likeness (QED) is 0.0261. The molecule has 1 atom stereocenters. The maximum Gasteiger partial charge on any atom is 0.306 e. The summed E-state index contributed by atoms with van der Waals surface area (Å²) in [5.74, 6) is -0.845. The highest BCUT2D eigenvalue weighted by atomic mass is 16.6. The predicted octanol–water partition coefficient (Wildman–Crippen LogP) is 22.4. The Morgan fingerprint density at radius 1 is 0.270 bits per heavy atom. The van der Waals surface area contributed by atoms with E-state index < -0.39 is 6.10 Å². The highest BCUT2D eigenvalue weighted by Gasteiger charge is 2.19. The standard InChI is InChI=1S/C68H126O6/c1-4-7-10-13-16-19-22-25-27-29-31-32-33-34-35-36-37-39-40-43-46-49-52-55-58-61-67(70)73-64-65(63-72-66(69)60-57-54-51-48-45-42-24-21-18-15-12-9-6-3)74-68(71)62-59-56-53-50-47-44-41-38-30-28-26-23-20-17-14-11-8-5-2/h22,25,29,31,33-34,65H,4-21,23-24,26-28,30,32,35-64H2,1-3H3/b25-22-,31-29-,34-33-. The molecule has 74 heavy (non-hydrogen) atoms. The molecule has 0 aromatic heterocycles. The lowest BCUT2D eigenvalue weighted by Gasteiger charge is -2.18. The normalized spacial score (nSPS) is 12.2. The fraction of sp³-hybridized carbons (Fsp3) is 0.868. The van der Waals surface area contributed by atoms with Crippen molar-refractivity contribution in [1.82, 2.24) is 0 Å². The number of rotatable bonds is 61. The van der Waals surface area contributed by atoms with E-state index >= 15 is 0 Å². The van der Waals surface area contributed by atoms with Gasteiger partial charge >= 0.3 is 17.9 Å². The highest BCUT2D eigenvalue weighted by Crippen LogP contribution is 2.18. The summed E-state index contributed by atoms with van der Waals surface area (Å²) in [5.41, 5.74) is 0. The Kier molecular flexibility index (Phi) is 61.1. The molecule has 0 aliphatic heterocycles. The highest BCUT2D eigenvalue weighted by molar-refractivity contribution is 5.71. The molecule has 0 spiro atoms. The smallest absolute Gasteiger partial charge is 0.306 e. The summed E-state index contributed by atoms with van der Waals surface area (Å²) in [6.07, 6.45) is 77.2. The van der Waals surface area contributed by atoms with Crippen LogP contribution in [0.4, 0.5) is 0 Å². The molecule has 0 saturated carbocycles. The first kappa shape index (κ1) is 71.6. The van der Waals surface area contributed by atoms with Gasteiger partial charge in [-0.25, -0.2) is 0 Å². The van der Waals surface area contributed by atoms with Crippen molar-refractivity contribution in [2.75, 3.05) is 13.2 Å². The van der Waals surface area contributed by atoms with Crippen LogP contribution in [0.25, 0.3) is 0 Å². The fourth-order valence-corrected chi connectivity index (χ4v) is 9.92. The molecule has 0 heterocycles. The second kappa shape index (κ2) is 63.2. The minimum absolute atomic E-state index is 0.0673. The van der Waals surface area contributed by atoms with Gasteiger partial charge in [0.2, 0.25) is 0 Å². The average molecular weight is 1040 g/mol. The maximum atomic E-state index is 12.9. The Morgan fingerprint density at radius 2 is 0.486 bits per heavy atom. The number of hydrogen-bond acceptors (Lipinski definition) is 6. The van der Waals surface area contributed by atoms with Gasteiger partial charge < -0.3 is 14.2 Å². The molecule has 434 valence electrons. The summed E-state index contributed by atoms with van der Waals surface area (Å²) in [6.45, 7) is 6.69. The Labute approximate surface area is 461 Å². The molecule has 0 fully saturated rings. The third-order valence-corrected chi connectivity index (χ3v) is 14.9. The minimum atomic E-state index is -0.770. The van der Waals surface area contributed by atoms with Crippen molar-refractivity contribution >= 4 is 17.9 Å². The first-order chi connectivity index (χ1) is 36.5. The number of hydrogen-bond donors (Lipinski definition) is 0. The van der Waals surface area contributed by atoms with E-state index in [1.54, 1.807) is 0 Å². The zero-order chi connectivity index (χ0) is 53.6. The summed E-state index contributed by atoms with van der Waals surface area (Å²) in [7, 11) is 0. The molecule has 0 rings (SSSR count). The van der Waals surface area contributed by atoms with E-state index in [1.165, 1.54) is 250 Å². The van der Waals surface area contributed by atoms with E-state index in [9.17, 15) is 14.4 Å². The summed E-state index contributed by atoms with van der Waals surface area (Å²) < 4.78 is 17.0. The molecule has 6 heteroatoms. The van der Waals surface area contributed by atoms with E-state index in [0.29, 0.717) is 19.3 Å². The molecular weight excluding hydrogens is 913 g/mol. The van der Waals surface area contributed by atoms with E-state index in [2.05, 4.69) is 57.2 Å². The van der Waals surface area contributed by atoms with Crippen LogP contribution in [0.3, 0.4) is 0 Å². The molecule has 0 bridgehead atoms. The van der Waals surface area contributed by atoms with Gasteiger partial charge in [-0.2, -0.15) is 0 Å². The van der Waals surface area contributed by atoms with Crippen LogP contribution in [0.15, 0.2) is 36.5 Å². The summed E-state index contributed by atoms with van der Waals surface area (Å²) >= 11 is 0. The maximum absolute atomic E-state index is 12.9. The van der Waals surface area contributed by atoms with E-state index in [4.69, 9.17) is 14.2 Å². The second-order valence-electron chi connectivity index (χ2n) is 22.4. The Hall–Kier alpha value is -2.37. The lowest BCUT2D eigenvalue weighted by molar-refractivity contribution is -0.167. The van der Waals surface area contributed by atoms with Gasteiger partial charge in [-0.05, 0) is 57.8 Å². The average Bonchev–Trinajstić information content (AvgIpc) is 3.40. The number of allylic oxidation sites excluding steroid dienone is 6. The van der Waals surface area contributed by atoms with Crippen LogP contribution in [0.5, 0.6) is 0 Å². The van der Waals surface area contributed by atoms with Crippen molar-refractivity contribution in [3.63, 3.8) is 0 Å². The number of unbranched alkanes of at least 4 members (excludes halogenated alkanes) is 44. The van der Waals surface area contributed by atoms with Crippen LogP contribution in [-0.2, 0) is 28.6 Å². The van der Waals surface area contributed by atoms with Crippen LogP contribution in [0.2, 0.25) is 0 Å². The Bertz CT molecular complexity index is 1240. The molecule has 0 aliphatic rings. The van der Waals surface area contributed by atoms with Gasteiger partial charge in [-0.15, -0.1) is 0 Å². The Morgan fingerprint density at radius 3 is 0.757 bits per heavy atom. The van der Waals surface area contributed by atoms with Gasteiger partial charge in [0, 0.05) is 19.3 Å². The summed E-state index contributed by atoms with van der Waals surface area (Å²) in [6, 6.07) is 0. The van der Waals surface area contributed by atoms with Crippen molar-refractivity contribution < 1.29 is 28.6 Å². The third-order valence-electron chi connectivity index (χ3n) is 14.9. The van der Waals surface area contributed by atoms with E-state index in [1.807, 2.05) is 0 Å². The van der Waals surface area contributed by atoms with Crippen LogP contribution < -0.4 is 0 Å². The van der Waals surface area contributed by atoms with E-state index in [-0.39, 0.29) is 31.1 Å². The lowest BCUT2D eigenvalue weighted by atomic mass is 10.0. The Balaban J connectivity index is 4.26. The van der Waals surface area contributed by atoms with Gasteiger partial charge in [-0.1, -0.05) is 320 Å². The largest absolute Gasteiger partial charge is 0.462 e. The van der Waals surface area contributed by atoms with Crippen molar-refractivity contribution in [3.05, 3.63) is 36.5 Å². The SMILES string of the molecule is CCCCCCC/C=C\C/C=C\C/C=C\CCCCCCCCCCCCC(=O)OCC(COC(=O)CCCCCCCCCCCCCCC)OC(=O)CCCCCCCCCCCCCCCCCCCC. The molecule has 0 saturated heterocycles. The molecule has 0 aromatic carbocycles. The zero-order valence-electron chi connectivity index (χ0n) is 49.9. The lowest BCUT2D eigenvalue weighted by Crippen LogP contribution is -2.30. The van der Waals surface area contributed by atoms with E-state index in [0.717, 1.165) is 70.6 Å². The molecule has 0 N–H and O–H groups in total. The topological polar surface area (TPSA) is 78.9 Å². The monoisotopic (exact) mass is 1040 g/mol. The summed E-state index contributed by atoms with van der Waals surface area (Å²) in [4.78, 5) is 38.3. The number of carbonyl (C=O) groups excluding carboxylic acids is 3. The van der Waals surface area contributed by atoms with Crippen molar-refractivity contribution in [2.24, 2.45) is 0 Å². The zero-order valence-corrected chi connectivity index (χ0v) is 49.9. The van der Waals surface area contributed by atoms with Gasteiger partial charge in [0.15, 0.2) is 6.10 Å². The van der Waals surface area contributed by atoms with Crippen LogP contribution in [0, 0.1) is 0 Å². The number of carbonyl (C=O) groups is 3. The number of ether oxygens (including phenoxy) is 3. The molecule has 0 aromatic rings. The molecule has 0 radical (unpaired) electrons. The van der Waals surface area contributed by atoms with Crippen LogP contribution in [-0.4, -0.2) is 37.2 Å². The second-order valence-corrected chi connectivity index (χ2v) is 22.4.